The van der Waals surface area contributed by atoms with Gasteiger partial charge in [0.25, 0.3) is 0 Å². The van der Waals surface area contributed by atoms with Gasteiger partial charge in [-0.25, -0.2) is 0 Å². The Morgan fingerprint density at radius 2 is 2.38 bits per heavy atom. The molecule has 1 N–H and O–H groups in total. The molecule has 0 saturated heterocycles. The molecule has 0 radical (unpaired) electrons. The van der Waals surface area contributed by atoms with E-state index >= 15 is 0 Å². The van der Waals surface area contributed by atoms with Crippen molar-refractivity contribution in [1.29, 1.82) is 0 Å². The lowest BCUT2D eigenvalue weighted by molar-refractivity contribution is 0.788. The standard InChI is InChI=1S/C11H16N2/c1-12-6-5-9-7-10-3-2-4-11(10)13-8-9/h7-8,12H,2-6H2,1H3. The van der Waals surface area contributed by atoms with Crippen molar-refractivity contribution in [1.82, 2.24) is 10.3 Å². The second-order valence-corrected chi connectivity index (χ2v) is 3.66. The highest BCUT2D eigenvalue weighted by Gasteiger charge is 2.11. The maximum atomic E-state index is 4.48. The van der Waals surface area contributed by atoms with E-state index in [1.165, 1.54) is 36.1 Å². The molecule has 1 aromatic rings. The maximum Gasteiger partial charge on any atom is 0.0435 e. The summed E-state index contributed by atoms with van der Waals surface area (Å²) < 4.78 is 0. The Morgan fingerprint density at radius 3 is 3.23 bits per heavy atom. The van der Waals surface area contributed by atoms with Crippen LogP contribution in [0.5, 0.6) is 0 Å². The topological polar surface area (TPSA) is 24.9 Å². The number of rotatable bonds is 3. The number of fused-ring (bicyclic) bond motifs is 1. The highest BCUT2D eigenvalue weighted by atomic mass is 14.8. The molecule has 0 unspecified atom stereocenters. The van der Waals surface area contributed by atoms with Gasteiger partial charge in [-0.3, -0.25) is 4.98 Å². The fourth-order valence-corrected chi connectivity index (χ4v) is 1.88. The third kappa shape index (κ3) is 1.89. The molecule has 0 spiro atoms. The van der Waals surface area contributed by atoms with Gasteiger partial charge in [-0.1, -0.05) is 6.07 Å². The van der Waals surface area contributed by atoms with Crippen LogP contribution in [0.2, 0.25) is 0 Å². The van der Waals surface area contributed by atoms with Crippen LogP contribution in [0.4, 0.5) is 0 Å². The van der Waals surface area contributed by atoms with Crippen LogP contribution in [0, 0.1) is 0 Å². The monoisotopic (exact) mass is 176 g/mol. The summed E-state index contributed by atoms with van der Waals surface area (Å²) in [5, 5.41) is 3.16. The van der Waals surface area contributed by atoms with Gasteiger partial charge in [0.05, 0.1) is 0 Å². The van der Waals surface area contributed by atoms with Crippen LogP contribution >= 0.6 is 0 Å². The summed E-state index contributed by atoms with van der Waals surface area (Å²) in [5.74, 6) is 0. The molecule has 0 amide bonds. The smallest absolute Gasteiger partial charge is 0.0435 e. The summed E-state index contributed by atoms with van der Waals surface area (Å²) in [4.78, 5) is 4.48. The average Bonchev–Trinajstić information content (AvgIpc) is 2.61. The van der Waals surface area contributed by atoms with Gasteiger partial charge >= 0.3 is 0 Å². The molecule has 1 aliphatic rings. The quantitative estimate of drug-likeness (QED) is 0.751. The molecule has 1 heterocycles. The first kappa shape index (κ1) is 8.70. The van der Waals surface area contributed by atoms with E-state index in [1.807, 2.05) is 13.2 Å². The molecule has 2 nitrogen and oxygen atoms in total. The molecule has 0 aliphatic heterocycles. The molecule has 70 valence electrons. The van der Waals surface area contributed by atoms with Crippen LogP contribution in [0.15, 0.2) is 12.3 Å². The first-order valence-corrected chi connectivity index (χ1v) is 5.01. The lowest BCUT2D eigenvalue weighted by atomic mass is 10.1. The molecule has 0 fully saturated rings. The summed E-state index contributed by atoms with van der Waals surface area (Å²) in [6, 6.07) is 2.33. The Labute approximate surface area is 79.4 Å². The average molecular weight is 176 g/mol. The molecule has 0 aromatic carbocycles. The minimum absolute atomic E-state index is 1.04. The number of hydrogen-bond acceptors (Lipinski definition) is 2. The lowest BCUT2D eigenvalue weighted by Crippen LogP contribution is -2.10. The number of likely N-dealkylation sites (N-methyl/N-ethyl adjacent to an activating group) is 1. The minimum atomic E-state index is 1.04. The first-order chi connectivity index (χ1) is 6.40. The van der Waals surface area contributed by atoms with Crippen LogP contribution in [0.1, 0.15) is 23.2 Å². The molecular weight excluding hydrogens is 160 g/mol. The zero-order valence-corrected chi connectivity index (χ0v) is 8.14. The molecule has 0 atom stereocenters. The summed E-state index contributed by atoms with van der Waals surface area (Å²) in [5.41, 5.74) is 4.18. The SMILES string of the molecule is CNCCc1cnc2c(c1)CCC2. The van der Waals surface area contributed by atoms with Gasteiger partial charge in [0.1, 0.15) is 0 Å². The van der Waals surface area contributed by atoms with Crippen molar-refractivity contribution in [2.24, 2.45) is 0 Å². The van der Waals surface area contributed by atoms with E-state index < -0.39 is 0 Å². The van der Waals surface area contributed by atoms with Crippen LogP contribution in [-0.4, -0.2) is 18.6 Å². The summed E-state index contributed by atoms with van der Waals surface area (Å²) >= 11 is 0. The van der Waals surface area contributed by atoms with E-state index in [4.69, 9.17) is 0 Å². The predicted octanol–water partition coefficient (Wildman–Crippen LogP) is 1.33. The zero-order valence-electron chi connectivity index (χ0n) is 8.14. The molecule has 2 rings (SSSR count). The van der Waals surface area contributed by atoms with Crippen molar-refractivity contribution in [2.75, 3.05) is 13.6 Å². The van der Waals surface area contributed by atoms with Gasteiger partial charge < -0.3 is 5.32 Å². The molecule has 0 bridgehead atoms. The molecule has 1 aliphatic carbocycles. The Hall–Kier alpha value is -0.890. The van der Waals surface area contributed by atoms with Crippen LogP contribution < -0.4 is 5.32 Å². The van der Waals surface area contributed by atoms with Crippen molar-refractivity contribution in [3.63, 3.8) is 0 Å². The first-order valence-electron chi connectivity index (χ1n) is 5.01. The number of nitrogens with zero attached hydrogens (tertiary/aromatic N) is 1. The van der Waals surface area contributed by atoms with Crippen LogP contribution in [0.3, 0.4) is 0 Å². The second-order valence-electron chi connectivity index (χ2n) is 3.66. The maximum absolute atomic E-state index is 4.48. The summed E-state index contributed by atoms with van der Waals surface area (Å²) in [6.45, 7) is 1.04. The van der Waals surface area contributed by atoms with E-state index in [1.54, 1.807) is 0 Å². The third-order valence-electron chi connectivity index (χ3n) is 2.64. The van der Waals surface area contributed by atoms with Gasteiger partial charge in [-0.15, -0.1) is 0 Å². The molecule has 2 heteroatoms. The zero-order chi connectivity index (χ0) is 9.10. The van der Waals surface area contributed by atoms with Crippen LogP contribution in [-0.2, 0) is 19.3 Å². The predicted molar refractivity (Wildman–Crippen MR) is 53.9 cm³/mol. The Kier molecular flexibility index (Phi) is 2.60. The number of aromatic nitrogens is 1. The molecule has 13 heavy (non-hydrogen) atoms. The number of aryl methyl sites for hydroxylation is 2. The molecular formula is C11H16N2. The van der Waals surface area contributed by atoms with Gasteiger partial charge in [0, 0.05) is 11.9 Å². The molecule has 1 aromatic heterocycles. The van der Waals surface area contributed by atoms with Crippen molar-refractivity contribution in [3.05, 3.63) is 29.1 Å². The number of hydrogen-bond donors (Lipinski definition) is 1. The summed E-state index contributed by atoms with van der Waals surface area (Å²) in [7, 11) is 1.99. The summed E-state index contributed by atoms with van der Waals surface area (Å²) in [6.07, 6.45) is 6.83. The largest absolute Gasteiger partial charge is 0.319 e. The van der Waals surface area contributed by atoms with Gasteiger partial charge in [0.2, 0.25) is 0 Å². The van der Waals surface area contributed by atoms with E-state index in [0.717, 1.165) is 13.0 Å². The molecule has 0 saturated carbocycles. The highest BCUT2D eigenvalue weighted by molar-refractivity contribution is 5.29. The van der Waals surface area contributed by atoms with Gasteiger partial charge in [-0.2, -0.15) is 0 Å². The van der Waals surface area contributed by atoms with Crippen LogP contribution in [0.25, 0.3) is 0 Å². The van der Waals surface area contributed by atoms with E-state index in [2.05, 4.69) is 16.4 Å². The van der Waals surface area contributed by atoms with Gasteiger partial charge in [-0.05, 0) is 50.4 Å². The Balaban J connectivity index is 2.12. The fraction of sp³-hybridized carbons (Fsp3) is 0.545. The highest BCUT2D eigenvalue weighted by Crippen LogP contribution is 2.20. The van der Waals surface area contributed by atoms with Crippen molar-refractivity contribution < 1.29 is 0 Å². The third-order valence-corrected chi connectivity index (χ3v) is 2.64. The second kappa shape index (κ2) is 3.88. The van der Waals surface area contributed by atoms with E-state index in [9.17, 15) is 0 Å². The van der Waals surface area contributed by atoms with Crippen molar-refractivity contribution in [3.8, 4) is 0 Å². The van der Waals surface area contributed by atoms with Crippen molar-refractivity contribution in [2.45, 2.75) is 25.7 Å². The number of pyridine rings is 1. The van der Waals surface area contributed by atoms with E-state index in [-0.39, 0.29) is 0 Å². The lowest BCUT2D eigenvalue weighted by Gasteiger charge is -2.03. The van der Waals surface area contributed by atoms with Crippen molar-refractivity contribution >= 4 is 0 Å². The van der Waals surface area contributed by atoms with E-state index in [0.29, 0.717) is 0 Å². The minimum Gasteiger partial charge on any atom is -0.319 e. The Bertz CT molecular complexity index is 294. The Morgan fingerprint density at radius 1 is 1.46 bits per heavy atom. The number of nitrogens with one attached hydrogen (secondary N) is 1. The van der Waals surface area contributed by atoms with Gasteiger partial charge in [0.15, 0.2) is 0 Å². The fourth-order valence-electron chi connectivity index (χ4n) is 1.88. The normalized spacial score (nSPS) is 14.5.